The summed E-state index contributed by atoms with van der Waals surface area (Å²) in [6.07, 6.45) is 2.23. The maximum Gasteiger partial charge on any atom is 0.251 e. The second kappa shape index (κ2) is 16.4. The fraction of sp³-hybridized carbons (Fsp3) is 0.342. The predicted molar refractivity (Wildman–Crippen MR) is 183 cm³/mol. The van der Waals surface area contributed by atoms with E-state index in [0.717, 1.165) is 35.4 Å². The number of amides is 1. The van der Waals surface area contributed by atoms with Gasteiger partial charge in [0.25, 0.3) is 5.91 Å². The van der Waals surface area contributed by atoms with Crippen molar-refractivity contribution >= 4 is 17.5 Å². The number of carbonyl (C=O) groups excluding carboxylic acids is 1. The minimum atomic E-state index is -0.241. The summed E-state index contributed by atoms with van der Waals surface area (Å²) < 4.78 is 6.14. The molecule has 0 saturated carbocycles. The molecule has 0 heterocycles. The van der Waals surface area contributed by atoms with Crippen LogP contribution in [0.5, 0.6) is 17.2 Å². The van der Waals surface area contributed by atoms with Crippen molar-refractivity contribution in [3.8, 4) is 17.2 Å². The molecule has 0 fully saturated rings. The van der Waals surface area contributed by atoms with Gasteiger partial charge in [-0.3, -0.25) is 9.69 Å². The molecule has 0 bridgehead atoms. The third-order valence-electron chi connectivity index (χ3n) is 8.20. The Morgan fingerprint density at radius 3 is 2.22 bits per heavy atom. The lowest BCUT2D eigenvalue weighted by atomic mass is 9.84. The van der Waals surface area contributed by atoms with Gasteiger partial charge in [-0.25, -0.2) is 0 Å². The molecular weight excluding hydrogens is 584 g/mol. The average molecular weight is 629 g/mol. The Morgan fingerprint density at radius 1 is 0.844 bits per heavy atom. The van der Waals surface area contributed by atoms with Gasteiger partial charge in [-0.2, -0.15) is 0 Å². The van der Waals surface area contributed by atoms with Crippen molar-refractivity contribution in [2.75, 3.05) is 19.7 Å². The molecule has 0 radical (unpaired) electrons. The second-order valence-corrected chi connectivity index (χ2v) is 12.3. The number of phenolic OH excluding ortho intramolecular Hbond substituents is 2. The van der Waals surface area contributed by atoms with Gasteiger partial charge in [0, 0.05) is 42.1 Å². The molecule has 0 aliphatic rings. The fourth-order valence-corrected chi connectivity index (χ4v) is 6.06. The number of benzene rings is 4. The van der Waals surface area contributed by atoms with Crippen LogP contribution in [0.2, 0.25) is 5.02 Å². The molecule has 4 aromatic carbocycles. The van der Waals surface area contributed by atoms with Gasteiger partial charge in [0.05, 0.1) is 11.6 Å². The van der Waals surface area contributed by atoms with E-state index in [1.54, 1.807) is 6.07 Å². The lowest BCUT2D eigenvalue weighted by Gasteiger charge is -2.32. The molecule has 0 saturated heterocycles. The van der Waals surface area contributed by atoms with Crippen molar-refractivity contribution in [3.05, 3.63) is 124 Å². The van der Waals surface area contributed by atoms with Crippen LogP contribution < -0.4 is 10.1 Å². The molecule has 1 unspecified atom stereocenters. The van der Waals surface area contributed by atoms with E-state index in [1.807, 2.05) is 36.4 Å². The molecule has 45 heavy (non-hydrogen) atoms. The second-order valence-electron chi connectivity index (χ2n) is 11.9. The smallest absolute Gasteiger partial charge is 0.251 e. The fourth-order valence-electron chi connectivity index (χ4n) is 5.88. The first kappa shape index (κ1) is 33.9. The molecular formula is C38H45ClN2O4. The molecule has 7 heteroatoms. The maximum absolute atomic E-state index is 12.4. The van der Waals surface area contributed by atoms with Crippen LogP contribution in [-0.2, 0) is 12.8 Å². The zero-order chi connectivity index (χ0) is 32.3. The van der Waals surface area contributed by atoms with E-state index in [9.17, 15) is 15.0 Å². The molecule has 0 aliphatic carbocycles. The molecule has 0 spiro atoms. The Hall–Kier alpha value is -4.00. The highest BCUT2D eigenvalue weighted by Crippen LogP contribution is 2.37. The molecule has 0 aromatic heterocycles. The Balaban J connectivity index is 1.37. The van der Waals surface area contributed by atoms with E-state index < -0.39 is 0 Å². The van der Waals surface area contributed by atoms with Gasteiger partial charge in [-0.15, -0.1) is 0 Å². The summed E-state index contributed by atoms with van der Waals surface area (Å²) in [5.41, 5.74) is 4.74. The van der Waals surface area contributed by atoms with E-state index >= 15 is 0 Å². The van der Waals surface area contributed by atoms with Crippen molar-refractivity contribution in [2.45, 2.75) is 65.0 Å². The van der Waals surface area contributed by atoms with Gasteiger partial charge in [-0.05, 0) is 100 Å². The van der Waals surface area contributed by atoms with Gasteiger partial charge in [0.2, 0.25) is 0 Å². The first-order chi connectivity index (χ1) is 21.6. The monoisotopic (exact) mass is 628 g/mol. The van der Waals surface area contributed by atoms with Crippen LogP contribution in [0.4, 0.5) is 0 Å². The highest BCUT2D eigenvalue weighted by atomic mass is 35.5. The van der Waals surface area contributed by atoms with Crippen LogP contribution in [-0.4, -0.2) is 52.8 Å². The highest BCUT2D eigenvalue weighted by molar-refractivity contribution is 6.32. The summed E-state index contributed by atoms with van der Waals surface area (Å²) in [6, 6.07) is 29.4. The Kier molecular flexibility index (Phi) is 12.3. The molecule has 1 atom stereocenters. The first-order valence-corrected chi connectivity index (χ1v) is 16.1. The highest BCUT2D eigenvalue weighted by Gasteiger charge is 2.23. The number of hydrogen-bond acceptors (Lipinski definition) is 5. The first-order valence-electron chi connectivity index (χ1n) is 15.7. The summed E-state index contributed by atoms with van der Waals surface area (Å²) in [4.78, 5) is 14.9. The Morgan fingerprint density at radius 2 is 1.56 bits per heavy atom. The molecule has 1 amide bonds. The Labute approximate surface area is 272 Å². The number of hydrogen-bond donors (Lipinski definition) is 3. The molecule has 238 valence electrons. The van der Waals surface area contributed by atoms with Gasteiger partial charge in [-0.1, -0.05) is 66.2 Å². The number of carbonyl (C=O) groups is 1. The van der Waals surface area contributed by atoms with Crippen molar-refractivity contribution < 1.29 is 19.7 Å². The quantitative estimate of drug-likeness (QED) is 0.124. The van der Waals surface area contributed by atoms with Gasteiger partial charge >= 0.3 is 0 Å². The van der Waals surface area contributed by atoms with Gasteiger partial charge in [0.15, 0.2) is 0 Å². The van der Waals surface area contributed by atoms with E-state index in [2.05, 4.69) is 68.2 Å². The van der Waals surface area contributed by atoms with Crippen molar-refractivity contribution in [3.63, 3.8) is 0 Å². The lowest BCUT2D eigenvalue weighted by molar-refractivity contribution is 0.0954. The van der Waals surface area contributed by atoms with Crippen LogP contribution in [0.15, 0.2) is 91.0 Å². The van der Waals surface area contributed by atoms with Gasteiger partial charge < -0.3 is 20.3 Å². The number of nitrogens with one attached hydrogen (secondary N) is 1. The number of rotatable bonds is 15. The van der Waals surface area contributed by atoms with E-state index in [0.29, 0.717) is 49.4 Å². The minimum absolute atomic E-state index is 0.0514. The third-order valence-corrected chi connectivity index (χ3v) is 8.50. The van der Waals surface area contributed by atoms with Crippen molar-refractivity contribution in [1.82, 2.24) is 10.2 Å². The summed E-state index contributed by atoms with van der Waals surface area (Å²) in [7, 11) is 0. The maximum atomic E-state index is 12.4. The van der Waals surface area contributed by atoms with Crippen LogP contribution in [0.1, 0.15) is 72.6 Å². The summed E-state index contributed by atoms with van der Waals surface area (Å²) >= 11 is 5.91. The lowest BCUT2D eigenvalue weighted by Crippen LogP contribution is -2.38. The average Bonchev–Trinajstić information content (AvgIpc) is 3.02. The number of phenols is 2. The number of halogens is 1. The van der Waals surface area contributed by atoms with Crippen molar-refractivity contribution in [2.24, 2.45) is 0 Å². The molecule has 0 aliphatic heterocycles. The van der Waals surface area contributed by atoms with Crippen molar-refractivity contribution in [1.29, 1.82) is 0 Å². The van der Waals surface area contributed by atoms with Gasteiger partial charge in [0.1, 0.15) is 17.2 Å². The van der Waals surface area contributed by atoms with Crippen LogP contribution in [0.25, 0.3) is 0 Å². The predicted octanol–water partition coefficient (Wildman–Crippen LogP) is 7.99. The molecule has 3 N–H and O–H groups in total. The normalized spacial score (nSPS) is 12.1. The third kappa shape index (κ3) is 9.49. The molecule has 4 aromatic rings. The topological polar surface area (TPSA) is 82.0 Å². The molecule has 6 nitrogen and oxygen atoms in total. The zero-order valence-corrected chi connectivity index (χ0v) is 27.4. The van der Waals surface area contributed by atoms with Crippen LogP contribution in [0.3, 0.4) is 0 Å². The van der Waals surface area contributed by atoms with E-state index in [4.69, 9.17) is 16.3 Å². The van der Waals surface area contributed by atoms with E-state index in [1.165, 1.54) is 23.8 Å². The minimum Gasteiger partial charge on any atom is -0.508 e. The zero-order valence-electron chi connectivity index (χ0n) is 26.7. The standard InChI is InChI=1S/C38H45ClN2O4/c1-26(2)41(27(3)4)23-20-33(29-9-6-5-7-10-29)37-30(11-8-12-36(37)43)21-24-45-32-16-13-28(14-17-32)19-22-40-38(44)31-15-18-35(42)34(39)25-31/h5-18,25-27,33,42-43H,19-24H2,1-4H3,(H,40,44). The molecule has 4 rings (SSSR count). The number of ether oxygens (including phenoxy) is 1. The summed E-state index contributed by atoms with van der Waals surface area (Å²) in [5.74, 6) is 0.867. The summed E-state index contributed by atoms with van der Waals surface area (Å²) in [5, 5.41) is 23.7. The van der Waals surface area contributed by atoms with Crippen LogP contribution in [0, 0.1) is 0 Å². The van der Waals surface area contributed by atoms with E-state index in [-0.39, 0.29) is 22.6 Å². The van der Waals surface area contributed by atoms with Crippen LogP contribution >= 0.6 is 11.6 Å². The summed E-state index contributed by atoms with van der Waals surface area (Å²) in [6.45, 7) is 10.8. The Bertz CT molecular complexity index is 1520. The number of nitrogens with zero attached hydrogens (tertiary/aromatic N) is 1. The largest absolute Gasteiger partial charge is 0.508 e. The SMILES string of the molecule is CC(C)N(CCC(c1ccccc1)c1c(O)cccc1CCOc1ccc(CCNC(=O)c2ccc(O)c(Cl)c2)cc1)C(C)C. The number of aromatic hydroxyl groups is 2.